The third-order valence-corrected chi connectivity index (χ3v) is 7.02. The molecule has 1 aliphatic rings. The lowest BCUT2D eigenvalue weighted by Crippen LogP contribution is -2.31. The van der Waals surface area contributed by atoms with Crippen molar-refractivity contribution in [2.75, 3.05) is 6.54 Å². The van der Waals surface area contributed by atoms with Crippen LogP contribution < -0.4 is 0 Å². The summed E-state index contributed by atoms with van der Waals surface area (Å²) in [6.45, 7) is 0.558. The Morgan fingerprint density at radius 2 is 1.57 bits per heavy atom. The molecule has 2 heterocycles. The number of aromatic nitrogens is 1. The lowest BCUT2D eigenvalue weighted by Gasteiger charge is -2.27. The van der Waals surface area contributed by atoms with Crippen LogP contribution in [-0.4, -0.2) is 22.3 Å². The Bertz CT molecular complexity index is 1540. The molecule has 1 N–H and O–H groups in total. The number of aromatic amines is 1. The van der Waals surface area contributed by atoms with Gasteiger partial charge in [-0.15, -0.1) is 0 Å². The van der Waals surface area contributed by atoms with E-state index in [1.165, 1.54) is 12.1 Å². The van der Waals surface area contributed by atoms with Gasteiger partial charge < -0.3 is 9.88 Å². The second-order valence-corrected chi connectivity index (χ2v) is 9.27. The van der Waals surface area contributed by atoms with E-state index in [4.69, 9.17) is 11.6 Å². The molecule has 0 bridgehead atoms. The van der Waals surface area contributed by atoms with Crippen molar-refractivity contribution in [1.29, 1.82) is 0 Å². The molecule has 1 atom stereocenters. The number of para-hydroxylation sites is 1. The van der Waals surface area contributed by atoms with Crippen molar-refractivity contribution in [3.63, 3.8) is 0 Å². The van der Waals surface area contributed by atoms with E-state index in [0.29, 0.717) is 18.0 Å². The highest BCUT2D eigenvalue weighted by Crippen LogP contribution is 2.45. The van der Waals surface area contributed by atoms with Crippen LogP contribution in [0.3, 0.4) is 0 Å². The Morgan fingerprint density at radius 1 is 0.857 bits per heavy atom. The van der Waals surface area contributed by atoms with Crippen molar-refractivity contribution < 1.29 is 9.18 Å². The summed E-state index contributed by atoms with van der Waals surface area (Å²) in [5.74, 6) is -0.257. The molecule has 6 rings (SSSR count). The fourth-order valence-corrected chi connectivity index (χ4v) is 5.23. The first-order valence-electron chi connectivity index (χ1n) is 11.6. The minimum atomic E-state index is -0.280. The summed E-state index contributed by atoms with van der Waals surface area (Å²) in [4.78, 5) is 19.2. The minimum absolute atomic E-state index is 0.0231. The Balaban J connectivity index is 1.51. The van der Waals surface area contributed by atoms with Gasteiger partial charge in [0.15, 0.2) is 0 Å². The SMILES string of the molecule is O=C1c2ccccc2C(c2c(-c3ccc(F)cc3)[nH]c3ccccc23)N1CCc1ccc(Cl)cc1. The molecule has 1 unspecified atom stereocenters. The molecular weight excluding hydrogens is 459 g/mol. The number of rotatable bonds is 5. The topological polar surface area (TPSA) is 36.1 Å². The fraction of sp³-hybridized carbons (Fsp3) is 0.100. The van der Waals surface area contributed by atoms with E-state index in [1.807, 2.05) is 71.6 Å². The first-order valence-corrected chi connectivity index (χ1v) is 12.0. The molecule has 0 spiro atoms. The van der Waals surface area contributed by atoms with Gasteiger partial charge in [-0.3, -0.25) is 4.79 Å². The van der Waals surface area contributed by atoms with Crippen LogP contribution >= 0.6 is 11.6 Å². The second kappa shape index (κ2) is 8.71. The molecule has 3 nitrogen and oxygen atoms in total. The fourth-order valence-electron chi connectivity index (χ4n) is 5.10. The predicted molar refractivity (Wildman–Crippen MR) is 138 cm³/mol. The maximum Gasteiger partial charge on any atom is 0.255 e. The first-order chi connectivity index (χ1) is 17.1. The average Bonchev–Trinajstić information content (AvgIpc) is 3.39. The molecule has 172 valence electrons. The second-order valence-electron chi connectivity index (χ2n) is 8.83. The summed E-state index contributed by atoms with van der Waals surface area (Å²) in [5, 5.41) is 1.75. The van der Waals surface area contributed by atoms with Crippen LogP contribution in [-0.2, 0) is 6.42 Å². The Kier molecular flexibility index (Phi) is 5.39. The molecule has 4 aromatic carbocycles. The molecule has 5 aromatic rings. The van der Waals surface area contributed by atoms with Crippen LogP contribution in [0.5, 0.6) is 0 Å². The number of H-pyrrole nitrogens is 1. The number of halogens is 2. The van der Waals surface area contributed by atoms with Crippen LogP contribution in [0.1, 0.15) is 33.1 Å². The van der Waals surface area contributed by atoms with E-state index in [2.05, 4.69) is 11.1 Å². The smallest absolute Gasteiger partial charge is 0.255 e. The number of hydrogen-bond donors (Lipinski definition) is 1. The third kappa shape index (κ3) is 3.80. The van der Waals surface area contributed by atoms with E-state index >= 15 is 0 Å². The van der Waals surface area contributed by atoms with Gasteiger partial charge in [-0.1, -0.05) is 60.1 Å². The van der Waals surface area contributed by atoms with Gasteiger partial charge in [-0.05, 0) is 71.6 Å². The number of amides is 1. The monoisotopic (exact) mass is 480 g/mol. The van der Waals surface area contributed by atoms with Crippen molar-refractivity contribution in [1.82, 2.24) is 9.88 Å². The maximum absolute atomic E-state index is 13.7. The van der Waals surface area contributed by atoms with E-state index in [1.54, 1.807) is 12.1 Å². The summed E-state index contributed by atoms with van der Waals surface area (Å²) in [6, 6.07) is 29.9. The quantitative estimate of drug-likeness (QED) is 0.279. The number of benzene rings is 4. The van der Waals surface area contributed by atoms with Crippen molar-refractivity contribution in [3.05, 3.63) is 130 Å². The molecule has 5 heteroatoms. The number of hydrogen-bond acceptors (Lipinski definition) is 1. The standard InChI is InChI=1S/C30H22ClFN2O/c31-21-13-9-19(10-14-21)17-18-34-29(23-5-1-2-6-24(23)30(34)35)27-25-7-3-4-8-26(25)33-28(27)20-11-15-22(32)16-12-20/h1-16,29,33H,17-18H2. The van der Waals surface area contributed by atoms with E-state index in [-0.39, 0.29) is 17.8 Å². The molecular formula is C30H22ClFN2O. The van der Waals surface area contributed by atoms with Crippen molar-refractivity contribution in [2.45, 2.75) is 12.5 Å². The van der Waals surface area contributed by atoms with E-state index in [0.717, 1.165) is 44.4 Å². The zero-order valence-electron chi connectivity index (χ0n) is 18.8. The number of carbonyl (C=O) groups excluding carboxylic acids is 1. The molecule has 1 amide bonds. The van der Waals surface area contributed by atoms with Crippen LogP contribution in [0.2, 0.25) is 5.02 Å². The molecule has 35 heavy (non-hydrogen) atoms. The molecule has 0 saturated heterocycles. The molecule has 1 aromatic heterocycles. The van der Waals surface area contributed by atoms with Gasteiger partial charge in [0, 0.05) is 33.6 Å². The lowest BCUT2D eigenvalue weighted by molar-refractivity contribution is 0.0753. The number of nitrogens with zero attached hydrogens (tertiary/aromatic N) is 1. The van der Waals surface area contributed by atoms with Gasteiger partial charge in [0.1, 0.15) is 5.82 Å². The zero-order valence-corrected chi connectivity index (χ0v) is 19.6. The van der Waals surface area contributed by atoms with E-state index in [9.17, 15) is 9.18 Å². The van der Waals surface area contributed by atoms with Gasteiger partial charge in [-0.2, -0.15) is 0 Å². The summed E-state index contributed by atoms with van der Waals surface area (Å²) >= 11 is 6.06. The number of nitrogens with one attached hydrogen (secondary N) is 1. The summed E-state index contributed by atoms with van der Waals surface area (Å²) < 4.78 is 13.7. The molecule has 0 aliphatic carbocycles. The van der Waals surface area contributed by atoms with Crippen molar-refractivity contribution >= 4 is 28.4 Å². The van der Waals surface area contributed by atoms with Crippen molar-refractivity contribution in [2.24, 2.45) is 0 Å². The highest BCUT2D eigenvalue weighted by molar-refractivity contribution is 6.30. The van der Waals surface area contributed by atoms with Gasteiger partial charge in [-0.25, -0.2) is 4.39 Å². The summed E-state index contributed by atoms with van der Waals surface area (Å²) in [7, 11) is 0. The third-order valence-electron chi connectivity index (χ3n) is 6.77. The molecule has 0 radical (unpaired) electrons. The lowest BCUT2D eigenvalue weighted by atomic mass is 9.93. The van der Waals surface area contributed by atoms with Crippen LogP contribution in [0.15, 0.2) is 97.1 Å². The Hall–Kier alpha value is -3.89. The predicted octanol–water partition coefficient (Wildman–Crippen LogP) is 7.42. The Morgan fingerprint density at radius 3 is 2.37 bits per heavy atom. The zero-order chi connectivity index (χ0) is 23.9. The van der Waals surface area contributed by atoms with Crippen LogP contribution in [0, 0.1) is 5.82 Å². The van der Waals surface area contributed by atoms with Gasteiger partial charge in [0.25, 0.3) is 5.91 Å². The molecule has 0 fully saturated rings. The van der Waals surface area contributed by atoms with Gasteiger partial charge >= 0.3 is 0 Å². The average molecular weight is 481 g/mol. The summed E-state index contributed by atoms with van der Waals surface area (Å²) in [5.41, 5.74) is 6.63. The van der Waals surface area contributed by atoms with E-state index < -0.39 is 0 Å². The molecule has 1 aliphatic heterocycles. The summed E-state index contributed by atoms with van der Waals surface area (Å²) in [6.07, 6.45) is 0.710. The largest absolute Gasteiger partial charge is 0.354 e. The number of carbonyl (C=O) groups is 1. The van der Waals surface area contributed by atoms with Crippen LogP contribution in [0.25, 0.3) is 22.2 Å². The normalized spacial score (nSPS) is 15.1. The highest BCUT2D eigenvalue weighted by atomic mass is 35.5. The van der Waals surface area contributed by atoms with Crippen LogP contribution in [0.4, 0.5) is 4.39 Å². The number of fused-ring (bicyclic) bond motifs is 2. The van der Waals surface area contributed by atoms with Gasteiger partial charge in [0.2, 0.25) is 0 Å². The van der Waals surface area contributed by atoms with Gasteiger partial charge in [0.05, 0.1) is 11.7 Å². The molecule has 0 saturated carbocycles. The Labute approximate surface area is 207 Å². The van der Waals surface area contributed by atoms with Crippen molar-refractivity contribution in [3.8, 4) is 11.3 Å². The highest BCUT2D eigenvalue weighted by Gasteiger charge is 2.39. The maximum atomic E-state index is 13.7. The first kappa shape index (κ1) is 21.6. The minimum Gasteiger partial charge on any atom is -0.354 e.